The molecule has 1 aromatic rings. The fraction of sp³-hybridized carbons (Fsp3) is 0.286. The maximum atomic E-state index is 12.3. The fourth-order valence-electron chi connectivity index (χ4n) is 0.849. The number of rotatable bonds is 2. The minimum Gasteiger partial charge on any atom is -0.505 e. The van der Waals surface area contributed by atoms with Gasteiger partial charge >= 0.3 is 0 Å². The summed E-state index contributed by atoms with van der Waals surface area (Å²) in [6, 6.07) is 1.11. The lowest BCUT2D eigenvalue weighted by Gasteiger charge is -2.06. The molecule has 0 spiro atoms. The van der Waals surface area contributed by atoms with Crippen LogP contribution < -0.4 is 5.73 Å². The Hall–Kier alpha value is -0.500. The third-order valence-electron chi connectivity index (χ3n) is 1.48. The zero-order valence-corrected chi connectivity index (χ0v) is 8.62. The first-order valence-electron chi connectivity index (χ1n) is 3.42. The van der Waals surface area contributed by atoms with Crippen LogP contribution in [0.2, 0.25) is 0 Å². The molecule has 13 heavy (non-hydrogen) atoms. The lowest BCUT2D eigenvalue weighted by Crippen LogP contribution is -2.03. The summed E-state index contributed by atoms with van der Waals surface area (Å²) in [5.41, 5.74) is 5.17. The maximum Gasteiger partial charge on any atom is 0.267 e. The van der Waals surface area contributed by atoms with E-state index < -0.39 is 17.7 Å². The van der Waals surface area contributed by atoms with Crippen LogP contribution in [0.3, 0.4) is 0 Å². The molecule has 0 amide bonds. The van der Waals surface area contributed by atoms with E-state index in [1.54, 1.807) is 22.6 Å². The summed E-state index contributed by atoms with van der Waals surface area (Å²) in [5, 5.41) is 9.20. The molecule has 0 aliphatic carbocycles. The lowest BCUT2D eigenvalue weighted by atomic mass is 10.2. The van der Waals surface area contributed by atoms with Gasteiger partial charge in [0.2, 0.25) is 0 Å². The molecule has 0 saturated heterocycles. The van der Waals surface area contributed by atoms with Crippen molar-refractivity contribution in [2.75, 3.05) is 0 Å². The van der Waals surface area contributed by atoms with Crippen LogP contribution in [0.1, 0.15) is 17.7 Å². The quantitative estimate of drug-likeness (QED) is 0.646. The Morgan fingerprint density at radius 2 is 2.23 bits per heavy atom. The fourth-order valence-corrected chi connectivity index (χ4v) is 1.47. The molecule has 0 radical (unpaired) electrons. The molecule has 0 aliphatic heterocycles. The smallest absolute Gasteiger partial charge is 0.267 e. The molecule has 0 saturated carbocycles. The lowest BCUT2D eigenvalue weighted by molar-refractivity contribution is 0.147. The van der Waals surface area contributed by atoms with Gasteiger partial charge in [0.1, 0.15) is 3.70 Å². The van der Waals surface area contributed by atoms with E-state index in [2.05, 4.69) is 4.98 Å². The van der Waals surface area contributed by atoms with E-state index in [-0.39, 0.29) is 10.2 Å². The number of nitrogens with zero attached hydrogens (tertiary/aromatic N) is 1. The SMILES string of the molecule is NCc1cc(C(F)F)c(O)c(I)n1. The number of halogens is 3. The van der Waals surface area contributed by atoms with Crippen molar-refractivity contribution in [3.8, 4) is 5.75 Å². The summed E-state index contributed by atoms with van der Waals surface area (Å²) in [6.07, 6.45) is -2.71. The highest BCUT2D eigenvalue weighted by Gasteiger charge is 2.16. The Labute approximate surface area is 87.1 Å². The molecule has 1 aromatic heterocycles. The van der Waals surface area contributed by atoms with E-state index in [4.69, 9.17) is 5.73 Å². The Balaban J connectivity index is 3.25. The highest BCUT2D eigenvalue weighted by Crippen LogP contribution is 2.31. The van der Waals surface area contributed by atoms with E-state index in [1.807, 2.05) is 0 Å². The van der Waals surface area contributed by atoms with Crippen molar-refractivity contribution >= 4 is 22.6 Å². The van der Waals surface area contributed by atoms with Gasteiger partial charge in [-0.15, -0.1) is 0 Å². The zero-order valence-electron chi connectivity index (χ0n) is 6.47. The molecule has 0 bridgehead atoms. The molecule has 1 heterocycles. The first-order valence-corrected chi connectivity index (χ1v) is 4.50. The molecule has 1 rings (SSSR count). The van der Waals surface area contributed by atoms with E-state index in [9.17, 15) is 13.9 Å². The first kappa shape index (κ1) is 10.6. The van der Waals surface area contributed by atoms with Crippen molar-refractivity contribution in [3.63, 3.8) is 0 Å². The second kappa shape index (κ2) is 4.14. The number of aromatic hydroxyl groups is 1. The summed E-state index contributed by atoms with van der Waals surface area (Å²) in [4.78, 5) is 3.81. The number of aromatic nitrogens is 1. The molecule has 6 heteroatoms. The van der Waals surface area contributed by atoms with Gasteiger partial charge in [-0.1, -0.05) is 0 Å². The Morgan fingerprint density at radius 3 is 2.69 bits per heavy atom. The summed E-state index contributed by atoms with van der Waals surface area (Å²) < 4.78 is 24.7. The predicted molar refractivity (Wildman–Crippen MR) is 51.5 cm³/mol. The van der Waals surface area contributed by atoms with Gasteiger partial charge in [-0.3, -0.25) is 0 Å². The van der Waals surface area contributed by atoms with Gasteiger partial charge in [0, 0.05) is 6.54 Å². The van der Waals surface area contributed by atoms with E-state index in [0.29, 0.717) is 5.69 Å². The number of nitrogens with two attached hydrogens (primary N) is 1. The van der Waals surface area contributed by atoms with Gasteiger partial charge < -0.3 is 10.8 Å². The zero-order chi connectivity index (χ0) is 10.0. The Bertz CT molecular complexity index is 320. The van der Waals surface area contributed by atoms with Gasteiger partial charge in [0.05, 0.1) is 11.3 Å². The second-order valence-electron chi connectivity index (χ2n) is 2.35. The topological polar surface area (TPSA) is 59.1 Å². The van der Waals surface area contributed by atoms with Crippen LogP contribution in [0.25, 0.3) is 0 Å². The van der Waals surface area contributed by atoms with Crippen molar-refractivity contribution in [1.82, 2.24) is 4.98 Å². The second-order valence-corrected chi connectivity index (χ2v) is 3.37. The molecular weight excluding hydrogens is 293 g/mol. The van der Waals surface area contributed by atoms with Crippen molar-refractivity contribution in [2.24, 2.45) is 5.73 Å². The van der Waals surface area contributed by atoms with E-state index in [0.717, 1.165) is 6.07 Å². The number of pyridine rings is 1. The van der Waals surface area contributed by atoms with Crippen molar-refractivity contribution in [3.05, 3.63) is 21.0 Å². The van der Waals surface area contributed by atoms with Crippen LogP contribution in [0.15, 0.2) is 6.07 Å². The highest BCUT2D eigenvalue weighted by molar-refractivity contribution is 14.1. The van der Waals surface area contributed by atoms with Gasteiger partial charge in [0.15, 0.2) is 5.75 Å². The standard InChI is InChI=1S/C7H7F2IN2O/c8-6(9)4-1-3(2-11)12-7(10)5(4)13/h1,6,13H,2,11H2. The first-order chi connectivity index (χ1) is 6.06. The normalized spacial score (nSPS) is 10.8. The molecule has 0 unspecified atom stereocenters. The summed E-state index contributed by atoms with van der Waals surface area (Å²) in [7, 11) is 0. The number of hydrogen-bond donors (Lipinski definition) is 2. The molecule has 3 nitrogen and oxygen atoms in total. The maximum absolute atomic E-state index is 12.3. The average molecular weight is 300 g/mol. The molecule has 0 aromatic carbocycles. The highest BCUT2D eigenvalue weighted by atomic mass is 127. The van der Waals surface area contributed by atoms with Gasteiger partial charge in [-0.05, 0) is 28.7 Å². The molecule has 0 fully saturated rings. The number of hydrogen-bond acceptors (Lipinski definition) is 3. The summed E-state index contributed by atoms with van der Waals surface area (Å²) in [5.74, 6) is -0.465. The van der Waals surface area contributed by atoms with Crippen LogP contribution in [0.4, 0.5) is 8.78 Å². The van der Waals surface area contributed by atoms with Gasteiger partial charge in [-0.2, -0.15) is 0 Å². The van der Waals surface area contributed by atoms with Gasteiger partial charge in [-0.25, -0.2) is 13.8 Å². The Kier molecular flexibility index (Phi) is 3.37. The Morgan fingerprint density at radius 1 is 1.62 bits per heavy atom. The van der Waals surface area contributed by atoms with E-state index >= 15 is 0 Å². The minimum absolute atomic E-state index is 0.0794. The molecule has 72 valence electrons. The van der Waals surface area contributed by atoms with Crippen molar-refractivity contribution in [2.45, 2.75) is 13.0 Å². The predicted octanol–water partition coefficient (Wildman–Crippen LogP) is 1.79. The van der Waals surface area contributed by atoms with Crippen LogP contribution in [-0.2, 0) is 6.54 Å². The van der Waals surface area contributed by atoms with Crippen molar-refractivity contribution in [1.29, 1.82) is 0 Å². The number of alkyl halides is 2. The van der Waals surface area contributed by atoms with Crippen LogP contribution in [0, 0.1) is 3.70 Å². The summed E-state index contributed by atoms with van der Waals surface area (Å²) in [6.45, 7) is 0.0794. The minimum atomic E-state index is -2.71. The van der Waals surface area contributed by atoms with Crippen molar-refractivity contribution < 1.29 is 13.9 Å². The van der Waals surface area contributed by atoms with Gasteiger partial charge in [0.25, 0.3) is 6.43 Å². The summed E-state index contributed by atoms with van der Waals surface area (Å²) >= 11 is 1.68. The third-order valence-corrected chi connectivity index (χ3v) is 2.23. The molecule has 0 atom stereocenters. The largest absolute Gasteiger partial charge is 0.505 e. The van der Waals surface area contributed by atoms with E-state index in [1.165, 1.54) is 0 Å². The molecular formula is C7H7F2IN2O. The monoisotopic (exact) mass is 300 g/mol. The third kappa shape index (κ3) is 2.25. The van der Waals surface area contributed by atoms with Crippen LogP contribution in [0.5, 0.6) is 5.75 Å². The van der Waals surface area contributed by atoms with Crippen LogP contribution in [-0.4, -0.2) is 10.1 Å². The molecule has 0 aliphatic rings. The average Bonchev–Trinajstić information content (AvgIpc) is 2.09. The molecule has 3 N–H and O–H groups in total. The van der Waals surface area contributed by atoms with Crippen LogP contribution >= 0.6 is 22.6 Å².